The third kappa shape index (κ3) is 9.28. The van der Waals surface area contributed by atoms with Crippen LogP contribution in [0.2, 0.25) is 0 Å². The fraction of sp³-hybridized carbons (Fsp3) is 0.654. The van der Waals surface area contributed by atoms with Gasteiger partial charge in [-0.2, -0.15) is 11.8 Å². The molecule has 0 heterocycles. The number of nitrogens with one attached hydrogen (secondary N) is 2. The van der Waals surface area contributed by atoms with E-state index in [1.165, 1.54) is 17.0 Å². The van der Waals surface area contributed by atoms with Gasteiger partial charge in [0.15, 0.2) is 0 Å². The summed E-state index contributed by atoms with van der Waals surface area (Å²) in [6.45, 7) is 7.34. The van der Waals surface area contributed by atoms with Gasteiger partial charge in [-0.25, -0.2) is 4.79 Å². The number of nitrogens with zero attached hydrogens (tertiary/aromatic N) is 1. The van der Waals surface area contributed by atoms with Crippen LogP contribution in [-0.2, 0) is 14.3 Å². The molecular formula is C26H41N3O5S. The molecule has 0 bridgehead atoms. The van der Waals surface area contributed by atoms with Gasteiger partial charge in [0.1, 0.15) is 23.4 Å². The van der Waals surface area contributed by atoms with E-state index in [-0.39, 0.29) is 30.2 Å². The molecule has 196 valence electrons. The summed E-state index contributed by atoms with van der Waals surface area (Å²) in [6.07, 6.45) is 6.77. The highest BCUT2D eigenvalue weighted by molar-refractivity contribution is 7.98. The molecule has 8 nitrogen and oxygen atoms in total. The Hall–Kier alpha value is -2.42. The van der Waals surface area contributed by atoms with Gasteiger partial charge in [0.25, 0.3) is 0 Å². The van der Waals surface area contributed by atoms with E-state index in [2.05, 4.69) is 10.6 Å². The monoisotopic (exact) mass is 507 g/mol. The zero-order chi connectivity index (χ0) is 26.0. The van der Waals surface area contributed by atoms with Crippen molar-refractivity contribution in [3.63, 3.8) is 0 Å². The van der Waals surface area contributed by atoms with E-state index in [4.69, 9.17) is 4.74 Å². The first-order valence-electron chi connectivity index (χ1n) is 12.4. The zero-order valence-corrected chi connectivity index (χ0v) is 22.5. The molecule has 35 heavy (non-hydrogen) atoms. The molecule has 1 aliphatic rings. The number of likely N-dealkylation sites (N-methyl/N-ethyl adjacent to an activating group) is 1. The van der Waals surface area contributed by atoms with Crippen molar-refractivity contribution in [3.05, 3.63) is 29.8 Å². The average molecular weight is 508 g/mol. The van der Waals surface area contributed by atoms with Gasteiger partial charge in [0, 0.05) is 12.6 Å². The molecule has 2 unspecified atom stereocenters. The number of ether oxygens (including phenoxy) is 1. The fourth-order valence-electron chi connectivity index (χ4n) is 4.30. The van der Waals surface area contributed by atoms with Crippen molar-refractivity contribution in [2.45, 2.75) is 89.9 Å². The Morgan fingerprint density at radius 3 is 2.46 bits per heavy atom. The van der Waals surface area contributed by atoms with Crippen LogP contribution in [0.15, 0.2) is 24.3 Å². The number of phenolic OH excluding ortho intramolecular Hbond substituents is 1. The van der Waals surface area contributed by atoms with E-state index in [1.54, 1.807) is 51.6 Å². The number of rotatable bonds is 10. The fourth-order valence-corrected chi connectivity index (χ4v) is 4.77. The van der Waals surface area contributed by atoms with Gasteiger partial charge in [0.2, 0.25) is 11.8 Å². The summed E-state index contributed by atoms with van der Waals surface area (Å²) >= 11 is 1.57. The maximum Gasteiger partial charge on any atom is 0.408 e. The molecular weight excluding hydrogens is 466 g/mol. The molecule has 0 spiro atoms. The third-order valence-corrected chi connectivity index (χ3v) is 6.56. The van der Waals surface area contributed by atoms with Crippen molar-refractivity contribution in [1.29, 1.82) is 0 Å². The molecule has 2 rings (SSSR count). The van der Waals surface area contributed by atoms with Gasteiger partial charge < -0.3 is 25.4 Å². The summed E-state index contributed by atoms with van der Waals surface area (Å²) in [7, 11) is 0. The van der Waals surface area contributed by atoms with Crippen LogP contribution in [0.25, 0.3) is 0 Å². The molecule has 0 aliphatic heterocycles. The number of thioether (sulfide) groups is 1. The second-order valence-corrected chi connectivity index (χ2v) is 10.9. The van der Waals surface area contributed by atoms with Crippen molar-refractivity contribution in [2.75, 3.05) is 18.6 Å². The predicted octanol–water partition coefficient (Wildman–Crippen LogP) is 4.38. The zero-order valence-electron chi connectivity index (χ0n) is 21.6. The number of phenols is 1. The molecule has 9 heteroatoms. The first-order valence-corrected chi connectivity index (χ1v) is 13.8. The first kappa shape index (κ1) is 28.8. The lowest BCUT2D eigenvalue weighted by molar-refractivity contribution is -0.142. The SMILES string of the molecule is CCN(C(=O)C(CCSC)NC(=O)OC(C)(C)C)C(C(=O)NC1CCCCC1)c1cccc(O)c1. The lowest BCUT2D eigenvalue weighted by atomic mass is 9.94. The third-order valence-electron chi connectivity index (χ3n) is 5.92. The summed E-state index contributed by atoms with van der Waals surface area (Å²) in [4.78, 5) is 41.3. The number of carbonyl (C=O) groups is 3. The van der Waals surface area contributed by atoms with E-state index in [0.717, 1.165) is 32.1 Å². The number of aromatic hydroxyl groups is 1. The highest BCUT2D eigenvalue weighted by Gasteiger charge is 2.36. The maximum absolute atomic E-state index is 13.8. The van der Waals surface area contributed by atoms with Gasteiger partial charge >= 0.3 is 6.09 Å². The molecule has 1 aliphatic carbocycles. The molecule has 0 radical (unpaired) electrons. The Morgan fingerprint density at radius 1 is 1.20 bits per heavy atom. The molecule has 1 aromatic rings. The molecule has 1 aromatic carbocycles. The highest BCUT2D eigenvalue weighted by Crippen LogP contribution is 2.27. The van der Waals surface area contributed by atoms with Crippen molar-refractivity contribution < 1.29 is 24.2 Å². The first-order chi connectivity index (χ1) is 16.6. The molecule has 3 amide bonds. The molecule has 0 saturated heterocycles. The number of alkyl carbamates (subject to hydrolysis) is 1. The van der Waals surface area contributed by atoms with E-state index < -0.39 is 23.8 Å². The Kier molecular flexibility index (Phi) is 11.2. The Labute approximate surface area is 213 Å². The number of carbonyl (C=O) groups excluding carboxylic acids is 3. The van der Waals surface area contributed by atoms with Crippen LogP contribution in [0.5, 0.6) is 5.75 Å². The maximum atomic E-state index is 13.8. The number of amides is 3. The van der Waals surface area contributed by atoms with Crippen molar-refractivity contribution >= 4 is 29.7 Å². The standard InChI is InChI=1S/C26H41N3O5S/c1-6-29(24(32)21(15-16-35-5)28-25(33)34-26(2,3)4)22(18-11-10-14-20(30)17-18)23(31)27-19-12-8-7-9-13-19/h10-11,14,17,19,21-22,30H,6-9,12-13,15-16H2,1-5H3,(H,27,31)(H,28,33). The number of hydrogen-bond donors (Lipinski definition) is 3. The van der Waals surface area contributed by atoms with Gasteiger partial charge in [0.05, 0.1) is 0 Å². The van der Waals surface area contributed by atoms with Crippen LogP contribution in [0.4, 0.5) is 4.79 Å². The Morgan fingerprint density at radius 2 is 1.89 bits per heavy atom. The lowest BCUT2D eigenvalue weighted by Crippen LogP contribution is -2.54. The minimum absolute atomic E-state index is 0.0206. The number of benzene rings is 1. The molecule has 1 saturated carbocycles. The summed E-state index contributed by atoms with van der Waals surface area (Å²) in [5, 5.41) is 15.9. The molecule has 2 atom stereocenters. The van der Waals surface area contributed by atoms with E-state index in [1.807, 2.05) is 6.26 Å². The summed E-state index contributed by atoms with van der Waals surface area (Å²) in [5.74, 6) is 0.0277. The van der Waals surface area contributed by atoms with Crippen LogP contribution in [-0.4, -0.2) is 64.2 Å². The summed E-state index contributed by atoms with van der Waals surface area (Å²) < 4.78 is 5.38. The molecule has 0 aromatic heterocycles. The van der Waals surface area contributed by atoms with Gasteiger partial charge in [-0.1, -0.05) is 31.4 Å². The van der Waals surface area contributed by atoms with Crippen LogP contribution < -0.4 is 10.6 Å². The summed E-state index contributed by atoms with van der Waals surface area (Å²) in [5.41, 5.74) is -0.180. The van der Waals surface area contributed by atoms with Crippen molar-refractivity contribution in [1.82, 2.24) is 15.5 Å². The number of hydrogen-bond acceptors (Lipinski definition) is 6. The molecule has 3 N–H and O–H groups in total. The van der Waals surface area contributed by atoms with Crippen molar-refractivity contribution in [2.24, 2.45) is 0 Å². The summed E-state index contributed by atoms with van der Waals surface area (Å²) in [6, 6.07) is 4.73. The minimum atomic E-state index is -0.932. The van der Waals surface area contributed by atoms with E-state index in [0.29, 0.717) is 17.7 Å². The van der Waals surface area contributed by atoms with Gasteiger partial charge in [-0.05, 0) is 76.7 Å². The van der Waals surface area contributed by atoms with Gasteiger partial charge in [-0.3, -0.25) is 9.59 Å². The van der Waals surface area contributed by atoms with E-state index in [9.17, 15) is 19.5 Å². The van der Waals surface area contributed by atoms with Crippen LogP contribution >= 0.6 is 11.8 Å². The van der Waals surface area contributed by atoms with Crippen LogP contribution in [0, 0.1) is 0 Å². The van der Waals surface area contributed by atoms with Crippen LogP contribution in [0.3, 0.4) is 0 Å². The average Bonchev–Trinajstić information content (AvgIpc) is 2.79. The van der Waals surface area contributed by atoms with Gasteiger partial charge in [-0.15, -0.1) is 0 Å². The normalized spacial score (nSPS) is 16.1. The largest absolute Gasteiger partial charge is 0.508 e. The minimum Gasteiger partial charge on any atom is -0.508 e. The lowest BCUT2D eigenvalue weighted by Gasteiger charge is -2.35. The van der Waals surface area contributed by atoms with Crippen molar-refractivity contribution in [3.8, 4) is 5.75 Å². The quantitative estimate of drug-likeness (QED) is 0.434. The highest BCUT2D eigenvalue weighted by atomic mass is 32.2. The Balaban J connectivity index is 2.34. The smallest absolute Gasteiger partial charge is 0.408 e. The topological polar surface area (TPSA) is 108 Å². The predicted molar refractivity (Wildman–Crippen MR) is 139 cm³/mol. The second-order valence-electron chi connectivity index (χ2n) is 9.95. The molecule has 1 fully saturated rings. The van der Waals surface area contributed by atoms with E-state index >= 15 is 0 Å². The van der Waals surface area contributed by atoms with Crippen LogP contribution in [0.1, 0.15) is 77.8 Å². The second kappa shape index (κ2) is 13.6. The Bertz CT molecular complexity index is 852.